The molecule has 162 valence electrons. The third kappa shape index (κ3) is 10.3. The van der Waals surface area contributed by atoms with Gasteiger partial charge in [0.15, 0.2) is 5.96 Å². The predicted octanol–water partition coefficient (Wildman–Crippen LogP) is 4.04. The van der Waals surface area contributed by atoms with Crippen LogP contribution in [0.5, 0.6) is 5.75 Å². The number of hydrogen-bond donors (Lipinski definition) is 2. The van der Waals surface area contributed by atoms with Gasteiger partial charge < -0.3 is 20.1 Å². The average molecular weight is 532 g/mol. The quantitative estimate of drug-likeness (QED) is 0.187. The first-order valence-corrected chi connectivity index (χ1v) is 10.7. The summed E-state index contributed by atoms with van der Waals surface area (Å²) >= 11 is 1.79. The number of guanidine groups is 1. The Balaban J connectivity index is 0.00000420. The zero-order chi connectivity index (χ0) is 20.0. The van der Waals surface area contributed by atoms with Gasteiger partial charge in [-0.2, -0.15) is 0 Å². The normalized spacial score (nSPS) is 11.1. The molecule has 0 saturated heterocycles. The standard InChI is InChI=1S/C21H32N4O2S.HI/c1-4-19-16-24-20(28-19)10-11-23-21(22-5-2)25-15-17-8-6-9-18(14-17)27-13-7-12-26-3;/h6,8-9,14,16H,4-5,7,10-13,15H2,1-3H3,(H2,22,23,25);1H. The van der Waals surface area contributed by atoms with E-state index in [-0.39, 0.29) is 24.0 Å². The summed E-state index contributed by atoms with van der Waals surface area (Å²) in [5, 5.41) is 7.85. The fourth-order valence-corrected chi connectivity index (χ4v) is 3.42. The number of halogens is 1. The molecule has 2 rings (SSSR count). The lowest BCUT2D eigenvalue weighted by atomic mass is 10.2. The van der Waals surface area contributed by atoms with Gasteiger partial charge in [-0.15, -0.1) is 35.3 Å². The molecule has 8 heteroatoms. The van der Waals surface area contributed by atoms with Crippen molar-refractivity contribution < 1.29 is 9.47 Å². The maximum atomic E-state index is 5.76. The summed E-state index contributed by atoms with van der Waals surface area (Å²) < 4.78 is 10.8. The molecule has 0 bridgehead atoms. The fourth-order valence-electron chi connectivity index (χ4n) is 2.55. The number of hydrogen-bond acceptors (Lipinski definition) is 5. The SMILES string of the molecule is CCNC(=NCc1cccc(OCCCOC)c1)NCCc1ncc(CC)s1.I. The first-order valence-electron chi connectivity index (χ1n) is 9.91. The van der Waals surface area contributed by atoms with Crippen LogP contribution in [0.4, 0.5) is 0 Å². The molecule has 0 atom stereocenters. The molecule has 0 saturated carbocycles. The molecule has 0 aliphatic carbocycles. The van der Waals surface area contributed by atoms with E-state index in [9.17, 15) is 0 Å². The number of aliphatic imine (C=N–C) groups is 1. The second kappa shape index (κ2) is 15.4. The molecule has 1 heterocycles. The lowest BCUT2D eigenvalue weighted by molar-refractivity contribution is 0.172. The van der Waals surface area contributed by atoms with Crippen molar-refractivity contribution in [3.05, 3.63) is 45.9 Å². The Kier molecular flexibility index (Phi) is 13.7. The number of nitrogens with one attached hydrogen (secondary N) is 2. The van der Waals surface area contributed by atoms with E-state index in [1.807, 2.05) is 24.4 Å². The maximum Gasteiger partial charge on any atom is 0.191 e. The van der Waals surface area contributed by atoms with Crippen LogP contribution < -0.4 is 15.4 Å². The van der Waals surface area contributed by atoms with E-state index in [2.05, 4.69) is 40.5 Å². The summed E-state index contributed by atoms with van der Waals surface area (Å²) in [6.45, 7) is 7.83. The van der Waals surface area contributed by atoms with E-state index >= 15 is 0 Å². The summed E-state index contributed by atoms with van der Waals surface area (Å²) in [7, 11) is 1.70. The summed E-state index contributed by atoms with van der Waals surface area (Å²) in [5.74, 6) is 1.69. The molecule has 2 aromatic rings. The van der Waals surface area contributed by atoms with Crippen LogP contribution in [0.15, 0.2) is 35.5 Å². The molecular formula is C21H33IN4O2S. The van der Waals surface area contributed by atoms with Crippen LogP contribution in [0.3, 0.4) is 0 Å². The highest BCUT2D eigenvalue weighted by Crippen LogP contribution is 2.15. The second-order valence-corrected chi connectivity index (χ2v) is 7.49. The molecular weight excluding hydrogens is 499 g/mol. The Labute approximate surface area is 195 Å². The fraction of sp³-hybridized carbons (Fsp3) is 0.524. The van der Waals surface area contributed by atoms with Crippen LogP contribution in [-0.4, -0.2) is 44.4 Å². The molecule has 0 aliphatic rings. The summed E-state index contributed by atoms with van der Waals surface area (Å²) in [6, 6.07) is 8.09. The number of aromatic nitrogens is 1. The molecule has 6 nitrogen and oxygen atoms in total. The number of nitrogens with zero attached hydrogens (tertiary/aromatic N) is 2. The predicted molar refractivity (Wildman–Crippen MR) is 132 cm³/mol. The van der Waals surface area contributed by atoms with Crippen molar-refractivity contribution in [3.63, 3.8) is 0 Å². The topological polar surface area (TPSA) is 67.8 Å². The van der Waals surface area contributed by atoms with Crippen molar-refractivity contribution in [1.82, 2.24) is 15.6 Å². The Bertz CT molecular complexity index is 724. The second-order valence-electron chi connectivity index (χ2n) is 6.29. The number of benzene rings is 1. The molecule has 0 aliphatic heterocycles. The number of rotatable bonds is 12. The van der Waals surface area contributed by atoms with E-state index in [4.69, 9.17) is 9.47 Å². The van der Waals surface area contributed by atoms with Gasteiger partial charge in [0, 0.05) is 50.7 Å². The van der Waals surface area contributed by atoms with Crippen LogP contribution >= 0.6 is 35.3 Å². The molecule has 1 aromatic carbocycles. The van der Waals surface area contributed by atoms with Gasteiger partial charge in [0.25, 0.3) is 0 Å². The van der Waals surface area contributed by atoms with Crippen LogP contribution in [0.1, 0.15) is 35.7 Å². The molecule has 1 aromatic heterocycles. The monoisotopic (exact) mass is 532 g/mol. The molecule has 0 unspecified atom stereocenters. The van der Waals surface area contributed by atoms with Crippen LogP contribution in [0.2, 0.25) is 0 Å². The summed E-state index contributed by atoms with van der Waals surface area (Å²) in [5.41, 5.74) is 1.12. The zero-order valence-corrected chi connectivity index (χ0v) is 20.7. The van der Waals surface area contributed by atoms with Crippen molar-refractivity contribution in [1.29, 1.82) is 0 Å². The largest absolute Gasteiger partial charge is 0.493 e. The van der Waals surface area contributed by atoms with Crippen molar-refractivity contribution >= 4 is 41.3 Å². The highest BCUT2D eigenvalue weighted by atomic mass is 127. The average Bonchev–Trinajstić information content (AvgIpc) is 3.18. The van der Waals surface area contributed by atoms with Crippen molar-refractivity contribution in [3.8, 4) is 5.75 Å². The number of methoxy groups -OCH3 is 1. The van der Waals surface area contributed by atoms with E-state index in [1.54, 1.807) is 18.4 Å². The van der Waals surface area contributed by atoms with Gasteiger partial charge in [0.2, 0.25) is 0 Å². The minimum absolute atomic E-state index is 0. The summed E-state index contributed by atoms with van der Waals surface area (Å²) in [4.78, 5) is 10.5. The highest BCUT2D eigenvalue weighted by molar-refractivity contribution is 14.0. The van der Waals surface area contributed by atoms with E-state index in [0.29, 0.717) is 19.8 Å². The van der Waals surface area contributed by atoms with Gasteiger partial charge in [0.1, 0.15) is 5.75 Å². The Hall–Kier alpha value is -1.39. The van der Waals surface area contributed by atoms with Gasteiger partial charge >= 0.3 is 0 Å². The third-order valence-corrected chi connectivity index (χ3v) is 5.21. The van der Waals surface area contributed by atoms with Gasteiger partial charge in [0.05, 0.1) is 18.2 Å². The van der Waals surface area contributed by atoms with Gasteiger partial charge in [-0.25, -0.2) is 9.98 Å². The lowest BCUT2D eigenvalue weighted by Gasteiger charge is -2.11. The lowest BCUT2D eigenvalue weighted by Crippen LogP contribution is -2.38. The maximum absolute atomic E-state index is 5.76. The smallest absolute Gasteiger partial charge is 0.191 e. The van der Waals surface area contributed by atoms with E-state index < -0.39 is 0 Å². The molecule has 0 spiro atoms. The Morgan fingerprint density at radius 2 is 2.07 bits per heavy atom. The van der Waals surface area contributed by atoms with Crippen LogP contribution in [0, 0.1) is 0 Å². The summed E-state index contributed by atoms with van der Waals surface area (Å²) in [6.07, 6.45) is 4.81. The third-order valence-electron chi connectivity index (χ3n) is 4.01. The first-order chi connectivity index (χ1) is 13.7. The Morgan fingerprint density at radius 1 is 1.21 bits per heavy atom. The number of ether oxygens (including phenoxy) is 2. The van der Waals surface area contributed by atoms with Crippen molar-refractivity contribution in [2.24, 2.45) is 4.99 Å². The minimum Gasteiger partial charge on any atom is -0.493 e. The molecule has 0 amide bonds. The number of aryl methyl sites for hydroxylation is 1. The van der Waals surface area contributed by atoms with Gasteiger partial charge in [-0.1, -0.05) is 19.1 Å². The van der Waals surface area contributed by atoms with E-state index in [1.165, 1.54) is 9.88 Å². The molecule has 0 radical (unpaired) electrons. The highest BCUT2D eigenvalue weighted by Gasteiger charge is 2.03. The van der Waals surface area contributed by atoms with Gasteiger partial charge in [-0.05, 0) is 31.0 Å². The van der Waals surface area contributed by atoms with Crippen LogP contribution in [-0.2, 0) is 24.1 Å². The first kappa shape index (κ1) is 25.6. The molecule has 0 fully saturated rings. The Morgan fingerprint density at radius 3 is 2.79 bits per heavy atom. The van der Waals surface area contributed by atoms with Crippen LogP contribution in [0.25, 0.3) is 0 Å². The number of thiazole rings is 1. The molecule has 29 heavy (non-hydrogen) atoms. The minimum atomic E-state index is 0. The molecule has 2 N–H and O–H groups in total. The van der Waals surface area contributed by atoms with Crippen molar-refractivity contribution in [2.75, 3.05) is 33.4 Å². The van der Waals surface area contributed by atoms with E-state index in [0.717, 1.165) is 49.6 Å². The van der Waals surface area contributed by atoms with Crippen molar-refractivity contribution in [2.45, 2.75) is 39.7 Å². The van der Waals surface area contributed by atoms with Gasteiger partial charge in [-0.3, -0.25) is 0 Å². The zero-order valence-electron chi connectivity index (χ0n) is 17.6.